The van der Waals surface area contributed by atoms with Crippen LogP contribution in [0.2, 0.25) is 5.02 Å². The average molecular weight is 645 g/mol. The van der Waals surface area contributed by atoms with Crippen LogP contribution >= 0.6 is 23.8 Å². The molecule has 4 amide bonds. The predicted molar refractivity (Wildman–Crippen MR) is 163 cm³/mol. The Bertz CT molecular complexity index is 1530. The lowest BCUT2D eigenvalue weighted by atomic mass is 9.95. The molecule has 16 heteroatoms. The van der Waals surface area contributed by atoms with Crippen LogP contribution in [0.1, 0.15) is 25.5 Å². The number of thiocarbonyl (C=S) groups is 1. The molecule has 0 aromatic heterocycles. The van der Waals surface area contributed by atoms with E-state index in [0.717, 1.165) is 11.1 Å². The van der Waals surface area contributed by atoms with Gasteiger partial charge in [0.25, 0.3) is 5.91 Å². The highest BCUT2D eigenvalue weighted by molar-refractivity contribution is 7.80. The molecule has 2 aromatic carbocycles. The Morgan fingerprint density at radius 3 is 2.57 bits per heavy atom. The number of aliphatic hydroxyl groups is 1. The molecule has 0 unspecified atom stereocenters. The summed E-state index contributed by atoms with van der Waals surface area (Å²) in [5, 5.41) is 22.4. The number of hydrazone groups is 1. The maximum Gasteiger partial charge on any atom is 0.337 e. The van der Waals surface area contributed by atoms with Gasteiger partial charge in [-0.25, -0.2) is 9.59 Å². The number of nitrogens with one attached hydrogen (secondary N) is 4. The number of rotatable bonds is 11. The highest BCUT2D eigenvalue weighted by Crippen LogP contribution is 2.35. The fraction of sp³-hybridized carbons (Fsp3) is 0.286. The van der Waals surface area contributed by atoms with Gasteiger partial charge in [-0.1, -0.05) is 17.7 Å². The number of amides is 4. The SMILES string of the molecule is CCOc1cc([C@@H]2NC(=O)NC(C)=C2C(=O)OC)ccc1OC[C@@H](O)N/N=C\[C@H]1C(=O)NC(=S)N(c2ccc(Cl)cc2)C1=O. The van der Waals surface area contributed by atoms with Crippen molar-refractivity contribution in [3.8, 4) is 11.5 Å². The van der Waals surface area contributed by atoms with Crippen molar-refractivity contribution in [2.45, 2.75) is 26.1 Å². The molecule has 14 nitrogen and oxygen atoms in total. The number of anilines is 1. The molecule has 5 N–H and O–H groups in total. The van der Waals surface area contributed by atoms with E-state index in [4.69, 9.17) is 38.0 Å². The summed E-state index contributed by atoms with van der Waals surface area (Å²) in [5.74, 6) is -2.69. The molecule has 1 fully saturated rings. The van der Waals surface area contributed by atoms with Crippen LogP contribution < -0.4 is 35.7 Å². The Morgan fingerprint density at radius 2 is 1.89 bits per heavy atom. The van der Waals surface area contributed by atoms with Gasteiger partial charge in [-0.3, -0.25) is 19.9 Å². The number of hydrogen-bond donors (Lipinski definition) is 5. The molecule has 2 aliphatic rings. The number of aliphatic hydroxyl groups excluding tert-OH is 1. The van der Waals surface area contributed by atoms with E-state index in [1.807, 2.05) is 0 Å². The predicted octanol–water partition coefficient (Wildman–Crippen LogP) is 1.88. The first-order valence-corrected chi connectivity index (χ1v) is 14.0. The summed E-state index contributed by atoms with van der Waals surface area (Å²) in [6, 6.07) is 9.83. The summed E-state index contributed by atoms with van der Waals surface area (Å²) in [5.41, 5.74) is 3.93. The maximum atomic E-state index is 13.0. The number of carbonyl (C=O) groups excluding carboxylic acids is 4. The zero-order valence-corrected chi connectivity index (χ0v) is 25.3. The third-order valence-electron chi connectivity index (χ3n) is 6.41. The smallest absolute Gasteiger partial charge is 0.337 e. The number of benzene rings is 2. The molecule has 3 atom stereocenters. The van der Waals surface area contributed by atoms with Gasteiger partial charge in [-0.15, -0.1) is 0 Å². The number of methoxy groups -OCH3 is 1. The minimum absolute atomic E-state index is 0.0836. The first-order chi connectivity index (χ1) is 21.0. The van der Waals surface area contributed by atoms with E-state index >= 15 is 0 Å². The normalized spacial score (nSPS) is 19.2. The van der Waals surface area contributed by atoms with Crippen LogP contribution in [0, 0.1) is 5.92 Å². The van der Waals surface area contributed by atoms with Gasteiger partial charge in [0.05, 0.1) is 31.0 Å². The van der Waals surface area contributed by atoms with Gasteiger partial charge in [0, 0.05) is 16.9 Å². The van der Waals surface area contributed by atoms with E-state index in [-0.39, 0.29) is 35.4 Å². The van der Waals surface area contributed by atoms with Crippen LogP contribution in [-0.4, -0.2) is 66.8 Å². The first kappa shape index (κ1) is 32.2. The molecule has 1 saturated heterocycles. The lowest BCUT2D eigenvalue weighted by Crippen LogP contribution is -2.58. The Hall–Kier alpha value is -4.73. The molecule has 2 aromatic rings. The van der Waals surface area contributed by atoms with Crippen molar-refractivity contribution in [1.29, 1.82) is 0 Å². The summed E-state index contributed by atoms with van der Waals surface area (Å²) < 4.78 is 16.3. The highest BCUT2D eigenvalue weighted by Gasteiger charge is 2.38. The van der Waals surface area contributed by atoms with Gasteiger partial charge in [-0.05, 0) is 68.0 Å². The first-order valence-electron chi connectivity index (χ1n) is 13.2. The van der Waals surface area contributed by atoms with E-state index in [0.29, 0.717) is 22.0 Å². The number of halogens is 1. The Morgan fingerprint density at radius 1 is 1.16 bits per heavy atom. The molecule has 44 heavy (non-hydrogen) atoms. The molecular formula is C28H29ClN6O8S. The third kappa shape index (κ3) is 7.24. The second kappa shape index (κ2) is 14.2. The van der Waals surface area contributed by atoms with Crippen molar-refractivity contribution in [2.24, 2.45) is 11.0 Å². The largest absolute Gasteiger partial charge is 0.490 e. The molecule has 0 saturated carbocycles. The number of allylic oxidation sites excluding steroid dienone is 1. The number of carbonyl (C=O) groups is 4. The van der Waals surface area contributed by atoms with Crippen LogP contribution in [0.25, 0.3) is 0 Å². The Balaban J connectivity index is 1.41. The fourth-order valence-electron chi connectivity index (χ4n) is 4.38. The number of ether oxygens (including phenoxy) is 3. The van der Waals surface area contributed by atoms with Gasteiger partial charge in [0.1, 0.15) is 6.61 Å². The lowest BCUT2D eigenvalue weighted by Gasteiger charge is -2.30. The van der Waals surface area contributed by atoms with E-state index in [2.05, 4.69) is 26.5 Å². The Labute approximate surface area is 262 Å². The van der Waals surface area contributed by atoms with Gasteiger partial charge in [0.15, 0.2) is 28.8 Å². The zero-order chi connectivity index (χ0) is 32.0. The van der Waals surface area contributed by atoms with E-state index < -0.39 is 42.0 Å². The number of hydrogen-bond acceptors (Lipinski definition) is 11. The summed E-state index contributed by atoms with van der Waals surface area (Å²) in [6.45, 7) is 3.33. The minimum Gasteiger partial charge on any atom is -0.490 e. The lowest BCUT2D eigenvalue weighted by molar-refractivity contribution is -0.136. The van der Waals surface area contributed by atoms with E-state index in [1.165, 1.54) is 7.11 Å². The van der Waals surface area contributed by atoms with Gasteiger partial charge >= 0.3 is 12.0 Å². The standard InChI is InChI=1S/C28H29ClN6O8S/c1-4-42-20-11-15(23-22(26(39)41-3)14(2)31-27(40)32-23)5-10-19(20)43-13-21(36)34-30-12-18-24(37)33-28(44)35(25(18)38)17-8-6-16(29)7-9-17/h5-12,18,21,23,34,36H,4,13H2,1-3H3,(H2,31,32,40)(H,33,37,44)/b30-12-/t18-,21+,23-/m0/s1. The third-order valence-corrected chi connectivity index (χ3v) is 6.94. The molecule has 4 rings (SSSR count). The van der Waals surface area contributed by atoms with Crippen LogP contribution in [-0.2, 0) is 19.1 Å². The van der Waals surface area contributed by atoms with Gasteiger partial charge in [0.2, 0.25) is 5.91 Å². The van der Waals surface area contributed by atoms with Crippen LogP contribution in [0.5, 0.6) is 11.5 Å². The number of urea groups is 1. The summed E-state index contributed by atoms with van der Waals surface area (Å²) in [6.07, 6.45) is -0.302. The van der Waals surface area contributed by atoms with Gasteiger partial charge in [-0.2, -0.15) is 5.10 Å². The quantitative estimate of drug-likeness (QED) is 0.0605. The van der Waals surface area contributed by atoms with Crippen molar-refractivity contribution >= 4 is 64.6 Å². The zero-order valence-electron chi connectivity index (χ0n) is 23.8. The van der Waals surface area contributed by atoms with Crippen molar-refractivity contribution in [3.05, 3.63) is 64.3 Å². The minimum atomic E-state index is -1.35. The van der Waals surface area contributed by atoms with Crippen molar-refractivity contribution in [2.75, 3.05) is 25.2 Å². The number of esters is 1. The van der Waals surface area contributed by atoms with Crippen molar-refractivity contribution in [1.82, 2.24) is 21.4 Å². The topological polar surface area (TPSA) is 180 Å². The second-order valence-corrected chi connectivity index (χ2v) is 10.2. The second-order valence-electron chi connectivity index (χ2n) is 9.36. The molecule has 232 valence electrons. The number of nitrogens with zero attached hydrogens (tertiary/aromatic N) is 2. The molecule has 2 heterocycles. The van der Waals surface area contributed by atoms with Crippen LogP contribution in [0.3, 0.4) is 0 Å². The molecule has 0 spiro atoms. The maximum absolute atomic E-state index is 13.0. The molecule has 0 bridgehead atoms. The summed E-state index contributed by atoms with van der Waals surface area (Å²) in [4.78, 5) is 51.2. The van der Waals surface area contributed by atoms with Gasteiger partial charge < -0.3 is 35.3 Å². The van der Waals surface area contributed by atoms with Crippen molar-refractivity contribution in [3.63, 3.8) is 0 Å². The average Bonchev–Trinajstić information content (AvgIpc) is 2.98. The molecule has 0 radical (unpaired) electrons. The molecule has 0 aliphatic carbocycles. The Kier molecular flexibility index (Phi) is 10.4. The van der Waals surface area contributed by atoms with E-state index in [1.54, 1.807) is 56.3 Å². The highest BCUT2D eigenvalue weighted by atomic mass is 35.5. The van der Waals surface area contributed by atoms with Crippen molar-refractivity contribution < 1.29 is 38.5 Å². The van der Waals surface area contributed by atoms with Crippen LogP contribution in [0.15, 0.2) is 58.8 Å². The van der Waals surface area contributed by atoms with Crippen LogP contribution in [0.4, 0.5) is 10.5 Å². The summed E-state index contributed by atoms with van der Waals surface area (Å²) in [7, 11) is 1.25. The monoisotopic (exact) mass is 644 g/mol. The molecule has 2 aliphatic heterocycles. The summed E-state index contributed by atoms with van der Waals surface area (Å²) >= 11 is 11.1. The molecular weight excluding hydrogens is 616 g/mol. The fourth-order valence-corrected chi connectivity index (χ4v) is 4.80. The van der Waals surface area contributed by atoms with E-state index in [9.17, 15) is 24.3 Å².